The van der Waals surface area contributed by atoms with E-state index in [0.29, 0.717) is 17.0 Å². The summed E-state index contributed by atoms with van der Waals surface area (Å²) in [6.07, 6.45) is 3.05. The molecule has 1 aliphatic heterocycles. The molecule has 0 unspecified atom stereocenters. The van der Waals surface area contributed by atoms with E-state index in [2.05, 4.69) is 4.85 Å². The standard InChI is InChI=1S/C31H30N2O5/c1-32-26-17-16-23-19-33(30(34)28(22-12-6-3-7-13-22)38-24-14-8-9-15-24)27(31(35)36)18-25(23)29(26)37-20-21-10-4-2-5-11-21/h2-7,10-13,16-17,24,27-28H,8-9,14-15,18-20H2,(H,35,36)/t27-,28-/m1/s1. The van der Waals surface area contributed by atoms with E-state index < -0.39 is 18.1 Å². The molecule has 0 spiro atoms. The molecule has 5 rings (SSSR count). The molecule has 2 atom stereocenters. The van der Waals surface area contributed by atoms with Crippen LogP contribution in [0.25, 0.3) is 4.85 Å². The van der Waals surface area contributed by atoms with E-state index in [9.17, 15) is 14.7 Å². The molecule has 1 N–H and O–H groups in total. The van der Waals surface area contributed by atoms with Crippen LogP contribution in [-0.4, -0.2) is 34.0 Å². The summed E-state index contributed by atoms with van der Waals surface area (Å²) in [6.45, 7) is 7.99. The monoisotopic (exact) mass is 510 g/mol. The lowest BCUT2D eigenvalue weighted by atomic mass is 9.91. The second-order valence-corrected chi connectivity index (χ2v) is 9.80. The molecule has 0 saturated heterocycles. The minimum atomic E-state index is -1.10. The molecule has 1 aliphatic carbocycles. The number of amides is 1. The highest BCUT2D eigenvalue weighted by molar-refractivity contribution is 5.88. The number of carboxylic acid groups (broad SMARTS) is 1. The van der Waals surface area contributed by atoms with E-state index in [1.165, 1.54) is 4.90 Å². The fraction of sp³-hybridized carbons (Fsp3) is 0.323. The van der Waals surface area contributed by atoms with Gasteiger partial charge in [-0.3, -0.25) is 4.79 Å². The molecule has 194 valence electrons. The lowest BCUT2D eigenvalue weighted by Crippen LogP contribution is -2.50. The number of carbonyl (C=O) groups excluding carboxylic acids is 1. The average molecular weight is 511 g/mol. The molecule has 1 fully saturated rings. The lowest BCUT2D eigenvalue weighted by molar-refractivity contribution is -0.160. The first-order valence-electron chi connectivity index (χ1n) is 13.0. The number of fused-ring (bicyclic) bond motifs is 1. The highest BCUT2D eigenvalue weighted by Crippen LogP contribution is 2.40. The molecular formula is C31H30N2O5. The highest BCUT2D eigenvalue weighted by atomic mass is 16.5. The number of nitrogens with zero attached hydrogens (tertiary/aromatic N) is 2. The molecule has 7 heteroatoms. The van der Waals surface area contributed by atoms with Crippen molar-refractivity contribution in [2.45, 2.75) is 63.5 Å². The Hall–Kier alpha value is -4.15. The molecule has 1 amide bonds. The van der Waals surface area contributed by atoms with E-state index in [-0.39, 0.29) is 31.6 Å². The zero-order chi connectivity index (χ0) is 26.5. The summed E-state index contributed by atoms with van der Waals surface area (Å²) in [5.41, 5.74) is 3.43. The van der Waals surface area contributed by atoms with Gasteiger partial charge in [-0.25, -0.2) is 9.64 Å². The van der Waals surface area contributed by atoms with Crippen LogP contribution in [0.3, 0.4) is 0 Å². The quantitative estimate of drug-likeness (QED) is 0.384. The minimum Gasteiger partial charge on any atom is -0.500 e. The third-order valence-electron chi connectivity index (χ3n) is 7.32. The van der Waals surface area contributed by atoms with Gasteiger partial charge in [0.1, 0.15) is 18.4 Å². The van der Waals surface area contributed by atoms with E-state index in [1.54, 1.807) is 12.1 Å². The lowest BCUT2D eigenvalue weighted by Gasteiger charge is -2.38. The SMILES string of the molecule is [C-]#[N+]c1ccc2c(c1OCc1ccccc1)C[C@H](C(=O)O)N(C(=O)[C@H](OC1CCCC1)c1ccccc1)C2. The van der Waals surface area contributed by atoms with Gasteiger partial charge in [-0.1, -0.05) is 85.6 Å². The number of hydrogen-bond acceptors (Lipinski definition) is 4. The van der Waals surface area contributed by atoms with Crippen LogP contribution in [0.5, 0.6) is 5.75 Å². The first kappa shape index (κ1) is 25.5. The smallest absolute Gasteiger partial charge is 0.326 e. The Morgan fingerprint density at radius 2 is 1.68 bits per heavy atom. The number of carbonyl (C=O) groups is 2. The predicted molar refractivity (Wildman–Crippen MR) is 142 cm³/mol. The van der Waals surface area contributed by atoms with Crippen molar-refractivity contribution in [3.8, 4) is 5.75 Å². The van der Waals surface area contributed by atoms with Gasteiger partial charge in [0.25, 0.3) is 5.91 Å². The van der Waals surface area contributed by atoms with Gasteiger partial charge in [0, 0.05) is 13.0 Å². The van der Waals surface area contributed by atoms with Crippen molar-refractivity contribution in [1.82, 2.24) is 4.90 Å². The van der Waals surface area contributed by atoms with Crippen molar-refractivity contribution in [3.05, 3.63) is 106 Å². The van der Waals surface area contributed by atoms with Gasteiger partial charge < -0.3 is 19.5 Å². The van der Waals surface area contributed by atoms with Crippen molar-refractivity contribution < 1.29 is 24.2 Å². The van der Waals surface area contributed by atoms with Gasteiger partial charge >= 0.3 is 5.97 Å². The molecule has 0 aromatic heterocycles. The molecule has 7 nitrogen and oxygen atoms in total. The Morgan fingerprint density at radius 3 is 2.34 bits per heavy atom. The third-order valence-corrected chi connectivity index (χ3v) is 7.32. The first-order valence-corrected chi connectivity index (χ1v) is 13.0. The van der Waals surface area contributed by atoms with E-state index in [0.717, 1.165) is 42.4 Å². The van der Waals surface area contributed by atoms with Gasteiger partial charge in [-0.05, 0) is 35.1 Å². The molecule has 0 radical (unpaired) electrons. The van der Waals surface area contributed by atoms with Crippen LogP contribution in [0, 0.1) is 6.57 Å². The molecule has 1 heterocycles. The topological polar surface area (TPSA) is 80.4 Å². The highest BCUT2D eigenvalue weighted by Gasteiger charge is 2.40. The Labute approximate surface area is 222 Å². The maximum atomic E-state index is 14.0. The first-order chi connectivity index (χ1) is 18.5. The van der Waals surface area contributed by atoms with Gasteiger partial charge in [-0.15, -0.1) is 0 Å². The van der Waals surface area contributed by atoms with Gasteiger partial charge in [-0.2, -0.15) is 0 Å². The van der Waals surface area contributed by atoms with Gasteiger partial charge in [0.2, 0.25) is 5.69 Å². The average Bonchev–Trinajstić information content (AvgIpc) is 3.48. The normalized spacial score (nSPS) is 17.9. The zero-order valence-corrected chi connectivity index (χ0v) is 21.1. The summed E-state index contributed by atoms with van der Waals surface area (Å²) >= 11 is 0. The Bertz CT molecular complexity index is 1330. The number of rotatable bonds is 8. The molecule has 1 saturated carbocycles. The summed E-state index contributed by atoms with van der Waals surface area (Å²) in [4.78, 5) is 31.5. The third kappa shape index (κ3) is 5.41. The molecule has 3 aromatic carbocycles. The molecular weight excluding hydrogens is 480 g/mol. The van der Waals surface area contributed by atoms with Gasteiger partial charge in [0.15, 0.2) is 6.10 Å². The van der Waals surface area contributed by atoms with Crippen molar-refractivity contribution in [1.29, 1.82) is 0 Å². The minimum absolute atomic E-state index is 0.0243. The summed E-state index contributed by atoms with van der Waals surface area (Å²) in [7, 11) is 0. The van der Waals surface area contributed by atoms with Crippen LogP contribution in [-0.2, 0) is 33.9 Å². The van der Waals surface area contributed by atoms with Crippen LogP contribution < -0.4 is 4.74 Å². The van der Waals surface area contributed by atoms with Crippen LogP contribution in [0.2, 0.25) is 0 Å². The van der Waals surface area contributed by atoms with Crippen molar-refractivity contribution in [3.63, 3.8) is 0 Å². The number of ether oxygens (including phenoxy) is 2. The molecule has 3 aromatic rings. The number of hydrogen-bond donors (Lipinski definition) is 1. The van der Waals surface area contributed by atoms with E-state index in [1.807, 2.05) is 60.7 Å². The Balaban J connectivity index is 1.46. The fourth-order valence-corrected chi connectivity index (χ4v) is 5.33. The van der Waals surface area contributed by atoms with Crippen LogP contribution in [0.1, 0.15) is 54.0 Å². The van der Waals surface area contributed by atoms with Crippen molar-refractivity contribution in [2.75, 3.05) is 0 Å². The molecule has 2 aliphatic rings. The van der Waals surface area contributed by atoms with E-state index in [4.69, 9.17) is 16.0 Å². The fourth-order valence-electron chi connectivity index (χ4n) is 5.33. The number of benzene rings is 3. The largest absolute Gasteiger partial charge is 0.500 e. The van der Waals surface area contributed by atoms with Gasteiger partial charge in [0.05, 0.1) is 12.7 Å². The van der Waals surface area contributed by atoms with Crippen LogP contribution >= 0.6 is 0 Å². The zero-order valence-electron chi connectivity index (χ0n) is 21.1. The predicted octanol–water partition coefficient (Wildman–Crippen LogP) is 5.85. The molecule has 38 heavy (non-hydrogen) atoms. The summed E-state index contributed by atoms with van der Waals surface area (Å²) in [5, 5.41) is 10.2. The summed E-state index contributed by atoms with van der Waals surface area (Å²) in [6, 6.07) is 21.3. The van der Waals surface area contributed by atoms with E-state index >= 15 is 0 Å². The number of aliphatic carboxylic acids is 1. The van der Waals surface area contributed by atoms with Crippen molar-refractivity contribution in [2.24, 2.45) is 0 Å². The molecule has 0 bridgehead atoms. The summed E-state index contributed by atoms with van der Waals surface area (Å²) < 4.78 is 12.4. The Kier molecular flexibility index (Phi) is 7.71. The second-order valence-electron chi connectivity index (χ2n) is 9.80. The second kappa shape index (κ2) is 11.5. The maximum Gasteiger partial charge on any atom is 0.326 e. The van der Waals surface area contributed by atoms with Crippen LogP contribution in [0.4, 0.5) is 5.69 Å². The maximum absolute atomic E-state index is 14.0. The summed E-state index contributed by atoms with van der Waals surface area (Å²) in [5.74, 6) is -1.07. The Morgan fingerprint density at radius 1 is 1.00 bits per heavy atom. The van der Waals surface area contributed by atoms with Crippen molar-refractivity contribution >= 4 is 17.6 Å². The van der Waals surface area contributed by atoms with Crippen LogP contribution in [0.15, 0.2) is 72.8 Å². The number of carboxylic acids is 1.